The van der Waals surface area contributed by atoms with E-state index in [2.05, 4.69) is 51.9 Å². The minimum atomic E-state index is 0.461. The van der Waals surface area contributed by atoms with E-state index in [1.54, 1.807) is 0 Å². The van der Waals surface area contributed by atoms with Gasteiger partial charge in [0.15, 0.2) is 0 Å². The highest BCUT2D eigenvalue weighted by Crippen LogP contribution is 2.30. The Morgan fingerprint density at radius 3 is 2.31 bits per heavy atom. The molecule has 1 heterocycles. The Balaban J connectivity index is 2.57. The van der Waals surface area contributed by atoms with Crippen LogP contribution < -0.4 is 5.32 Å². The molecule has 0 aromatic carbocycles. The van der Waals surface area contributed by atoms with Gasteiger partial charge in [0, 0.05) is 25.2 Å². The Kier molecular flexibility index (Phi) is 4.81. The lowest BCUT2D eigenvalue weighted by Gasteiger charge is -2.41. The van der Waals surface area contributed by atoms with Crippen molar-refractivity contribution in [3.8, 4) is 0 Å². The molecule has 0 bridgehead atoms. The first kappa shape index (κ1) is 14.0. The number of rotatable bonds is 3. The zero-order chi connectivity index (χ0) is 12.3. The number of piperidine rings is 1. The number of hydrogen-bond donors (Lipinski definition) is 1. The van der Waals surface area contributed by atoms with E-state index in [1.807, 2.05) is 0 Å². The smallest absolute Gasteiger partial charge is 0.0195 e. The van der Waals surface area contributed by atoms with Gasteiger partial charge in [-0.25, -0.2) is 0 Å². The summed E-state index contributed by atoms with van der Waals surface area (Å²) in [5.41, 5.74) is 0.461. The molecular weight excluding hydrogens is 196 g/mol. The Morgan fingerprint density at radius 1 is 1.25 bits per heavy atom. The Bertz CT molecular complexity index is 205. The first-order chi connectivity index (χ1) is 7.31. The van der Waals surface area contributed by atoms with Crippen LogP contribution in [-0.4, -0.2) is 37.1 Å². The third kappa shape index (κ3) is 4.42. The Morgan fingerprint density at radius 2 is 1.88 bits per heavy atom. The second-order valence-corrected chi connectivity index (χ2v) is 6.90. The molecule has 2 heteroatoms. The summed E-state index contributed by atoms with van der Waals surface area (Å²) < 4.78 is 0. The monoisotopic (exact) mass is 226 g/mol. The van der Waals surface area contributed by atoms with Crippen molar-refractivity contribution in [2.75, 3.05) is 20.1 Å². The molecule has 1 aliphatic heterocycles. The molecule has 1 saturated heterocycles. The van der Waals surface area contributed by atoms with Gasteiger partial charge in [-0.3, -0.25) is 4.90 Å². The van der Waals surface area contributed by atoms with Crippen molar-refractivity contribution in [1.82, 2.24) is 10.2 Å². The Hall–Kier alpha value is -0.0800. The van der Waals surface area contributed by atoms with Crippen molar-refractivity contribution >= 4 is 0 Å². The molecule has 0 amide bonds. The minimum absolute atomic E-state index is 0.461. The average Bonchev–Trinajstić information content (AvgIpc) is 2.14. The van der Waals surface area contributed by atoms with Gasteiger partial charge < -0.3 is 5.32 Å². The molecule has 2 unspecified atom stereocenters. The van der Waals surface area contributed by atoms with Crippen molar-refractivity contribution in [3.05, 3.63) is 0 Å². The highest BCUT2D eigenvalue weighted by atomic mass is 15.2. The molecule has 0 radical (unpaired) electrons. The van der Waals surface area contributed by atoms with Gasteiger partial charge >= 0.3 is 0 Å². The zero-order valence-corrected chi connectivity index (χ0v) is 12.0. The van der Waals surface area contributed by atoms with E-state index < -0.39 is 0 Å². The van der Waals surface area contributed by atoms with E-state index >= 15 is 0 Å². The predicted octanol–water partition coefficient (Wildman–Crippen LogP) is 2.74. The fraction of sp³-hybridized carbons (Fsp3) is 1.00. The van der Waals surface area contributed by atoms with Crippen LogP contribution in [0, 0.1) is 11.3 Å². The lowest BCUT2D eigenvalue weighted by molar-refractivity contribution is 0.0925. The van der Waals surface area contributed by atoms with Crippen LogP contribution in [0.2, 0.25) is 0 Å². The second kappa shape index (κ2) is 5.50. The summed E-state index contributed by atoms with van der Waals surface area (Å²) in [6, 6.07) is 1.36. The molecule has 16 heavy (non-hydrogen) atoms. The molecule has 0 spiro atoms. The van der Waals surface area contributed by atoms with Gasteiger partial charge in [0.25, 0.3) is 0 Å². The van der Waals surface area contributed by atoms with Gasteiger partial charge in [0.2, 0.25) is 0 Å². The molecule has 2 nitrogen and oxygen atoms in total. The maximum atomic E-state index is 3.46. The van der Waals surface area contributed by atoms with E-state index in [9.17, 15) is 0 Å². The first-order valence-corrected chi connectivity index (χ1v) is 6.73. The normalized spacial score (nSPS) is 28.7. The van der Waals surface area contributed by atoms with E-state index in [-0.39, 0.29) is 0 Å². The average molecular weight is 226 g/mol. The van der Waals surface area contributed by atoms with Crippen LogP contribution in [0.4, 0.5) is 0 Å². The maximum Gasteiger partial charge on any atom is 0.0195 e. The van der Waals surface area contributed by atoms with Gasteiger partial charge in [0.1, 0.15) is 0 Å². The molecule has 0 saturated carbocycles. The fourth-order valence-corrected chi connectivity index (χ4v) is 2.89. The molecule has 96 valence electrons. The predicted molar refractivity (Wildman–Crippen MR) is 71.7 cm³/mol. The summed E-state index contributed by atoms with van der Waals surface area (Å²) in [5.74, 6) is 0.855. The van der Waals surface area contributed by atoms with Crippen molar-refractivity contribution < 1.29 is 0 Å². The minimum Gasteiger partial charge on any atom is -0.316 e. The van der Waals surface area contributed by atoms with Crippen LogP contribution in [0.25, 0.3) is 0 Å². The topological polar surface area (TPSA) is 15.3 Å². The lowest BCUT2D eigenvalue weighted by atomic mass is 9.80. The summed E-state index contributed by atoms with van der Waals surface area (Å²) >= 11 is 0. The van der Waals surface area contributed by atoms with Gasteiger partial charge in [-0.2, -0.15) is 0 Å². The molecule has 1 rings (SSSR count). The third-order valence-electron chi connectivity index (χ3n) is 3.61. The number of nitrogens with zero attached hydrogens (tertiary/aromatic N) is 1. The molecule has 1 fully saturated rings. The van der Waals surface area contributed by atoms with Crippen molar-refractivity contribution in [3.63, 3.8) is 0 Å². The maximum absolute atomic E-state index is 3.46. The SMILES string of the molecule is CNC1CC(CC(C)(C)C)CN(C(C)C)C1. The van der Waals surface area contributed by atoms with Gasteiger partial charge in [-0.15, -0.1) is 0 Å². The lowest BCUT2D eigenvalue weighted by Crippen LogP contribution is -2.51. The Labute approximate surface area is 102 Å². The van der Waals surface area contributed by atoms with Crippen LogP contribution in [0.3, 0.4) is 0 Å². The van der Waals surface area contributed by atoms with E-state index in [0.717, 1.165) is 5.92 Å². The van der Waals surface area contributed by atoms with Crippen LogP contribution in [0.1, 0.15) is 47.5 Å². The van der Waals surface area contributed by atoms with Crippen molar-refractivity contribution in [2.24, 2.45) is 11.3 Å². The van der Waals surface area contributed by atoms with Gasteiger partial charge in [-0.1, -0.05) is 20.8 Å². The summed E-state index contributed by atoms with van der Waals surface area (Å²) in [7, 11) is 2.10. The number of likely N-dealkylation sites (N-methyl/N-ethyl adjacent to an activating group) is 1. The number of nitrogens with one attached hydrogen (secondary N) is 1. The summed E-state index contributed by atoms with van der Waals surface area (Å²) in [6.07, 6.45) is 2.69. The standard InChI is InChI=1S/C14H30N2/c1-11(2)16-9-12(8-14(3,4)5)7-13(10-16)15-6/h11-13,15H,7-10H2,1-6H3. The highest BCUT2D eigenvalue weighted by Gasteiger charge is 2.30. The quantitative estimate of drug-likeness (QED) is 0.796. The molecular formula is C14H30N2. The van der Waals surface area contributed by atoms with Crippen LogP contribution in [0.5, 0.6) is 0 Å². The van der Waals surface area contributed by atoms with Crippen LogP contribution in [0.15, 0.2) is 0 Å². The van der Waals surface area contributed by atoms with Crippen molar-refractivity contribution in [1.29, 1.82) is 0 Å². The number of likely N-dealkylation sites (tertiary alicyclic amines) is 1. The molecule has 2 atom stereocenters. The van der Waals surface area contributed by atoms with Gasteiger partial charge in [0.05, 0.1) is 0 Å². The molecule has 1 N–H and O–H groups in total. The largest absolute Gasteiger partial charge is 0.316 e. The molecule has 0 aliphatic carbocycles. The zero-order valence-electron chi connectivity index (χ0n) is 12.0. The summed E-state index contributed by atoms with van der Waals surface area (Å²) in [6.45, 7) is 14.2. The highest BCUT2D eigenvalue weighted by molar-refractivity contribution is 4.86. The molecule has 0 aromatic heterocycles. The van der Waals surface area contributed by atoms with E-state index in [4.69, 9.17) is 0 Å². The second-order valence-electron chi connectivity index (χ2n) is 6.90. The third-order valence-corrected chi connectivity index (χ3v) is 3.61. The van der Waals surface area contributed by atoms with Crippen molar-refractivity contribution in [2.45, 2.75) is 59.5 Å². The van der Waals surface area contributed by atoms with E-state index in [0.29, 0.717) is 17.5 Å². The van der Waals surface area contributed by atoms with E-state index in [1.165, 1.54) is 25.9 Å². The summed E-state index contributed by atoms with van der Waals surface area (Å²) in [4.78, 5) is 2.63. The molecule has 1 aliphatic rings. The summed E-state index contributed by atoms with van der Waals surface area (Å²) in [5, 5.41) is 3.46. The van der Waals surface area contributed by atoms with Gasteiger partial charge in [-0.05, 0) is 45.1 Å². The molecule has 0 aromatic rings. The van der Waals surface area contributed by atoms with Crippen LogP contribution >= 0.6 is 0 Å². The fourth-order valence-electron chi connectivity index (χ4n) is 2.89. The van der Waals surface area contributed by atoms with Crippen LogP contribution in [-0.2, 0) is 0 Å². The first-order valence-electron chi connectivity index (χ1n) is 6.73. The number of hydrogen-bond acceptors (Lipinski definition) is 2.